The Morgan fingerprint density at radius 2 is 1.82 bits per heavy atom. The van der Waals surface area contributed by atoms with Crippen molar-refractivity contribution in [3.63, 3.8) is 0 Å². The molecule has 2 aliphatic carbocycles. The van der Waals surface area contributed by atoms with E-state index >= 15 is 0 Å². The Labute approximate surface area is 168 Å². The quantitative estimate of drug-likeness (QED) is 0.753. The monoisotopic (exact) mass is 380 g/mol. The second-order valence-electron chi connectivity index (χ2n) is 8.95. The van der Waals surface area contributed by atoms with Crippen molar-refractivity contribution < 1.29 is 9.59 Å². The first-order valence-electron chi connectivity index (χ1n) is 11.0. The van der Waals surface area contributed by atoms with E-state index in [0.717, 1.165) is 50.3 Å². The lowest BCUT2D eigenvalue weighted by Crippen LogP contribution is -2.41. The van der Waals surface area contributed by atoms with Crippen LogP contribution in [0.2, 0.25) is 0 Å². The van der Waals surface area contributed by atoms with Gasteiger partial charge in [0.25, 0.3) is 0 Å². The van der Waals surface area contributed by atoms with Crippen LogP contribution in [-0.2, 0) is 9.59 Å². The first-order chi connectivity index (χ1) is 13.6. The molecule has 1 spiro atoms. The molecule has 1 atom stereocenters. The Kier molecular flexibility index (Phi) is 5.84. The molecule has 1 aromatic carbocycles. The van der Waals surface area contributed by atoms with Crippen molar-refractivity contribution in [2.75, 3.05) is 13.1 Å². The minimum absolute atomic E-state index is 0.0940. The highest BCUT2D eigenvalue weighted by Crippen LogP contribution is 2.54. The third-order valence-corrected chi connectivity index (χ3v) is 7.07. The first kappa shape index (κ1) is 19.2. The molecule has 2 saturated carbocycles. The topological polar surface area (TPSA) is 49.4 Å². The maximum atomic E-state index is 12.4. The Bertz CT molecular complexity index is 713. The molecule has 4 heteroatoms. The Morgan fingerprint density at radius 1 is 1.11 bits per heavy atom. The summed E-state index contributed by atoms with van der Waals surface area (Å²) in [5.74, 6) is 1.10. The third kappa shape index (κ3) is 4.65. The Balaban J connectivity index is 1.18. The molecule has 4 nitrogen and oxygen atoms in total. The zero-order valence-electron chi connectivity index (χ0n) is 16.7. The summed E-state index contributed by atoms with van der Waals surface area (Å²) < 4.78 is 0. The largest absolute Gasteiger partial charge is 0.353 e. The molecule has 0 radical (unpaired) electrons. The molecule has 3 aliphatic rings. The van der Waals surface area contributed by atoms with E-state index in [1.54, 1.807) is 6.08 Å². The minimum Gasteiger partial charge on any atom is -0.353 e. The van der Waals surface area contributed by atoms with Gasteiger partial charge in [-0.15, -0.1) is 0 Å². The van der Waals surface area contributed by atoms with Crippen LogP contribution in [0.3, 0.4) is 0 Å². The van der Waals surface area contributed by atoms with Crippen molar-refractivity contribution >= 4 is 17.9 Å². The van der Waals surface area contributed by atoms with Gasteiger partial charge in [0.15, 0.2) is 0 Å². The minimum atomic E-state index is 0.0940. The van der Waals surface area contributed by atoms with E-state index in [4.69, 9.17) is 0 Å². The zero-order chi connectivity index (χ0) is 19.4. The molecule has 1 heterocycles. The average molecular weight is 381 g/mol. The van der Waals surface area contributed by atoms with Gasteiger partial charge in [0.2, 0.25) is 11.8 Å². The number of hydrogen-bond donors (Lipinski definition) is 1. The Morgan fingerprint density at radius 3 is 2.54 bits per heavy atom. The summed E-state index contributed by atoms with van der Waals surface area (Å²) in [6.45, 7) is 1.60. The van der Waals surface area contributed by atoms with Gasteiger partial charge in [-0.05, 0) is 48.7 Å². The molecule has 1 aromatic rings. The molecule has 1 aliphatic heterocycles. The van der Waals surface area contributed by atoms with Gasteiger partial charge in [-0.1, -0.05) is 56.0 Å². The van der Waals surface area contributed by atoms with E-state index in [-0.39, 0.29) is 17.2 Å². The van der Waals surface area contributed by atoms with Gasteiger partial charge in [0.1, 0.15) is 0 Å². The predicted molar refractivity (Wildman–Crippen MR) is 111 cm³/mol. The van der Waals surface area contributed by atoms with Crippen LogP contribution in [0, 0.1) is 11.3 Å². The van der Waals surface area contributed by atoms with Gasteiger partial charge in [-0.2, -0.15) is 0 Å². The Hall–Kier alpha value is -2.10. The number of hydrogen-bond acceptors (Lipinski definition) is 2. The SMILES string of the molecule is O=C(CCC1CCCC1)NC1CC12CCN(C(=O)/C=C/c1ccccc1)CC2. The van der Waals surface area contributed by atoms with E-state index in [0.29, 0.717) is 12.5 Å². The van der Waals surface area contributed by atoms with Crippen LogP contribution in [-0.4, -0.2) is 35.8 Å². The van der Waals surface area contributed by atoms with Crippen LogP contribution in [0.4, 0.5) is 0 Å². The van der Waals surface area contributed by atoms with Gasteiger partial charge < -0.3 is 10.2 Å². The molecule has 4 rings (SSSR count). The molecular weight excluding hydrogens is 348 g/mol. The second kappa shape index (κ2) is 8.50. The number of carbonyl (C=O) groups excluding carboxylic acids is 2. The van der Waals surface area contributed by atoms with Crippen molar-refractivity contribution in [2.24, 2.45) is 11.3 Å². The van der Waals surface area contributed by atoms with E-state index in [1.165, 1.54) is 25.7 Å². The van der Waals surface area contributed by atoms with Crippen molar-refractivity contribution in [1.82, 2.24) is 10.2 Å². The molecule has 2 amide bonds. The van der Waals surface area contributed by atoms with Crippen molar-refractivity contribution in [3.05, 3.63) is 42.0 Å². The van der Waals surface area contributed by atoms with E-state index in [9.17, 15) is 9.59 Å². The standard InChI is InChI=1S/C24H32N2O2/c27-22(12-10-19-8-4-5-9-19)25-21-18-24(21)14-16-26(17-15-24)23(28)13-11-20-6-2-1-3-7-20/h1-3,6-7,11,13,19,21H,4-5,8-10,12,14-18H2,(H,25,27)/b13-11+. The maximum absolute atomic E-state index is 12.4. The smallest absolute Gasteiger partial charge is 0.246 e. The molecular formula is C24H32N2O2. The highest BCUT2D eigenvalue weighted by Gasteiger charge is 2.55. The van der Waals surface area contributed by atoms with Crippen LogP contribution in [0.25, 0.3) is 6.08 Å². The van der Waals surface area contributed by atoms with Gasteiger partial charge in [0, 0.05) is 31.6 Å². The number of nitrogens with zero attached hydrogens (tertiary/aromatic N) is 1. The van der Waals surface area contributed by atoms with Crippen molar-refractivity contribution in [3.8, 4) is 0 Å². The van der Waals surface area contributed by atoms with E-state index in [2.05, 4.69) is 5.32 Å². The van der Waals surface area contributed by atoms with Crippen molar-refractivity contribution in [2.45, 2.75) is 63.8 Å². The van der Waals surface area contributed by atoms with Gasteiger partial charge >= 0.3 is 0 Å². The van der Waals surface area contributed by atoms with E-state index in [1.807, 2.05) is 41.3 Å². The van der Waals surface area contributed by atoms with Crippen LogP contribution >= 0.6 is 0 Å². The second-order valence-corrected chi connectivity index (χ2v) is 8.95. The van der Waals surface area contributed by atoms with Gasteiger partial charge in [0.05, 0.1) is 0 Å². The third-order valence-electron chi connectivity index (χ3n) is 7.07. The van der Waals surface area contributed by atoms with Crippen LogP contribution < -0.4 is 5.32 Å². The zero-order valence-corrected chi connectivity index (χ0v) is 16.7. The van der Waals surface area contributed by atoms with Gasteiger partial charge in [-0.3, -0.25) is 9.59 Å². The number of carbonyl (C=O) groups is 2. The lowest BCUT2D eigenvalue weighted by Gasteiger charge is -2.32. The lowest BCUT2D eigenvalue weighted by atomic mass is 9.92. The van der Waals surface area contributed by atoms with Crippen LogP contribution in [0.15, 0.2) is 36.4 Å². The number of piperidine rings is 1. The molecule has 1 unspecified atom stereocenters. The lowest BCUT2D eigenvalue weighted by molar-refractivity contribution is -0.128. The predicted octanol–water partition coefficient (Wildman–Crippen LogP) is 4.17. The fourth-order valence-electron chi connectivity index (χ4n) is 5.01. The molecule has 0 bridgehead atoms. The molecule has 0 aromatic heterocycles. The number of rotatable bonds is 6. The summed E-state index contributed by atoms with van der Waals surface area (Å²) in [4.78, 5) is 26.7. The fraction of sp³-hybridized carbons (Fsp3) is 0.583. The molecule has 28 heavy (non-hydrogen) atoms. The van der Waals surface area contributed by atoms with E-state index < -0.39 is 0 Å². The molecule has 1 saturated heterocycles. The van der Waals surface area contributed by atoms with Gasteiger partial charge in [-0.25, -0.2) is 0 Å². The summed E-state index contributed by atoms with van der Waals surface area (Å²) in [5, 5.41) is 3.27. The normalized spacial score (nSPS) is 24.0. The maximum Gasteiger partial charge on any atom is 0.246 e. The molecule has 1 N–H and O–H groups in total. The number of likely N-dealkylation sites (tertiary alicyclic amines) is 1. The van der Waals surface area contributed by atoms with Crippen LogP contribution in [0.5, 0.6) is 0 Å². The average Bonchev–Trinajstić information content (AvgIpc) is 3.13. The molecule has 150 valence electrons. The highest BCUT2D eigenvalue weighted by molar-refractivity contribution is 5.91. The van der Waals surface area contributed by atoms with Crippen LogP contribution in [0.1, 0.15) is 63.4 Å². The van der Waals surface area contributed by atoms with Crippen molar-refractivity contribution in [1.29, 1.82) is 0 Å². The fourth-order valence-corrected chi connectivity index (χ4v) is 5.01. The number of nitrogens with one attached hydrogen (secondary N) is 1. The summed E-state index contributed by atoms with van der Waals surface area (Å²) in [5.41, 5.74) is 1.30. The number of benzene rings is 1. The highest BCUT2D eigenvalue weighted by atomic mass is 16.2. The first-order valence-corrected chi connectivity index (χ1v) is 11.0. The molecule has 3 fully saturated rings. The number of amides is 2. The summed E-state index contributed by atoms with van der Waals surface area (Å²) in [6.07, 6.45) is 13.7. The summed E-state index contributed by atoms with van der Waals surface area (Å²) >= 11 is 0. The summed E-state index contributed by atoms with van der Waals surface area (Å²) in [6, 6.07) is 10.3. The summed E-state index contributed by atoms with van der Waals surface area (Å²) in [7, 11) is 0.